The Kier molecular flexibility index (Phi) is 4.20. The highest BCUT2D eigenvalue weighted by Crippen LogP contribution is 2.16. The SMILES string of the molecule is O=C(/C=C/c1ccc([N+](=O)[O-])o1)OCc1cc(=O)n2ccsc2n1. The highest BCUT2D eigenvalue weighted by molar-refractivity contribution is 7.15. The van der Waals surface area contributed by atoms with Crippen LogP contribution in [0.4, 0.5) is 5.88 Å². The predicted octanol–water partition coefficient (Wildman–Crippen LogP) is 2.01. The summed E-state index contributed by atoms with van der Waals surface area (Å²) in [7, 11) is 0. The van der Waals surface area contributed by atoms with E-state index in [1.165, 1.54) is 40.0 Å². The Balaban J connectivity index is 1.62. The second kappa shape index (κ2) is 6.46. The molecule has 24 heavy (non-hydrogen) atoms. The van der Waals surface area contributed by atoms with E-state index in [-0.39, 0.29) is 17.9 Å². The van der Waals surface area contributed by atoms with Crippen LogP contribution in [0.25, 0.3) is 11.0 Å². The molecule has 3 rings (SSSR count). The molecule has 0 saturated carbocycles. The van der Waals surface area contributed by atoms with Gasteiger partial charge < -0.3 is 9.15 Å². The van der Waals surface area contributed by atoms with E-state index < -0.39 is 16.8 Å². The summed E-state index contributed by atoms with van der Waals surface area (Å²) in [6, 6.07) is 3.82. The Bertz CT molecular complexity index is 999. The van der Waals surface area contributed by atoms with E-state index in [2.05, 4.69) is 4.98 Å². The van der Waals surface area contributed by atoms with E-state index in [1.807, 2.05) is 0 Å². The third-order valence-electron chi connectivity index (χ3n) is 2.89. The first kappa shape index (κ1) is 15.6. The van der Waals surface area contributed by atoms with Crippen LogP contribution in [-0.4, -0.2) is 20.3 Å². The summed E-state index contributed by atoms with van der Waals surface area (Å²) in [5.41, 5.74) is 0.0728. The number of carbonyl (C=O) groups excluding carboxylic acids is 1. The molecule has 9 nitrogen and oxygen atoms in total. The molecule has 0 radical (unpaired) electrons. The van der Waals surface area contributed by atoms with Crippen LogP contribution < -0.4 is 5.56 Å². The summed E-state index contributed by atoms with van der Waals surface area (Å²) < 4.78 is 11.2. The molecule has 0 amide bonds. The van der Waals surface area contributed by atoms with Gasteiger partial charge in [0, 0.05) is 23.7 Å². The fraction of sp³-hybridized carbons (Fsp3) is 0.0714. The van der Waals surface area contributed by atoms with Gasteiger partial charge in [-0.3, -0.25) is 19.3 Å². The van der Waals surface area contributed by atoms with Gasteiger partial charge in [0.25, 0.3) is 5.56 Å². The Morgan fingerprint density at radius 2 is 2.33 bits per heavy atom. The predicted molar refractivity (Wildman–Crippen MR) is 83.5 cm³/mol. The molecule has 0 unspecified atom stereocenters. The van der Waals surface area contributed by atoms with E-state index in [0.29, 0.717) is 10.7 Å². The maximum Gasteiger partial charge on any atom is 0.433 e. The molecule has 0 bridgehead atoms. The van der Waals surface area contributed by atoms with Gasteiger partial charge in [-0.1, -0.05) is 0 Å². The average Bonchev–Trinajstić information content (AvgIpc) is 3.20. The molecule has 122 valence electrons. The number of fused-ring (bicyclic) bond motifs is 1. The molecule has 0 aliphatic rings. The summed E-state index contributed by atoms with van der Waals surface area (Å²) in [4.78, 5) is 37.9. The minimum Gasteiger partial charge on any atom is -0.456 e. The van der Waals surface area contributed by atoms with Crippen LogP contribution in [0.1, 0.15) is 11.5 Å². The second-order valence-corrected chi connectivity index (χ2v) is 5.39. The largest absolute Gasteiger partial charge is 0.456 e. The van der Waals surface area contributed by atoms with Crippen molar-refractivity contribution in [3.8, 4) is 0 Å². The topological polar surface area (TPSA) is 117 Å². The zero-order chi connectivity index (χ0) is 17.1. The lowest BCUT2D eigenvalue weighted by Gasteiger charge is -2.01. The van der Waals surface area contributed by atoms with Crippen LogP contribution in [0.15, 0.2) is 45.1 Å². The van der Waals surface area contributed by atoms with Crippen molar-refractivity contribution in [3.05, 3.63) is 67.8 Å². The van der Waals surface area contributed by atoms with Crippen LogP contribution in [0.3, 0.4) is 0 Å². The highest BCUT2D eigenvalue weighted by Gasteiger charge is 2.10. The molecule has 0 spiro atoms. The monoisotopic (exact) mass is 347 g/mol. The van der Waals surface area contributed by atoms with Crippen LogP contribution >= 0.6 is 11.3 Å². The minimum absolute atomic E-state index is 0.148. The van der Waals surface area contributed by atoms with Crippen molar-refractivity contribution in [2.45, 2.75) is 6.61 Å². The Hall–Kier alpha value is -3.27. The standard InChI is InChI=1S/C14H9N3O6S/c18-11-7-9(15-14-16(11)5-6-24-14)8-22-13(19)4-2-10-1-3-12(23-10)17(20)21/h1-7H,8H2/b4-2+. The van der Waals surface area contributed by atoms with Gasteiger partial charge in [0.15, 0.2) is 4.96 Å². The van der Waals surface area contributed by atoms with Crippen LogP contribution in [0.5, 0.6) is 0 Å². The number of carbonyl (C=O) groups is 1. The summed E-state index contributed by atoms with van der Waals surface area (Å²) in [5, 5.41) is 12.2. The van der Waals surface area contributed by atoms with Gasteiger partial charge in [0.2, 0.25) is 0 Å². The summed E-state index contributed by atoms with van der Waals surface area (Å²) in [5.74, 6) is -0.964. The lowest BCUT2D eigenvalue weighted by atomic mass is 10.4. The van der Waals surface area contributed by atoms with Crippen LogP contribution in [0, 0.1) is 10.1 Å². The maximum absolute atomic E-state index is 11.8. The first-order valence-electron chi connectivity index (χ1n) is 6.58. The number of esters is 1. The molecular formula is C14H9N3O6S. The van der Waals surface area contributed by atoms with Gasteiger partial charge in [0.05, 0.1) is 11.8 Å². The molecule has 10 heteroatoms. The molecule has 3 heterocycles. The summed E-state index contributed by atoms with van der Waals surface area (Å²) in [6.45, 7) is -0.162. The third-order valence-corrected chi connectivity index (χ3v) is 3.65. The quantitative estimate of drug-likeness (QED) is 0.300. The maximum atomic E-state index is 11.8. The van der Waals surface area contributed by atoms with Gasteiger partial charge in [-0.25, -0.2) is 9.78 Å². The van der Waals surface area contributed by atoms with Crippen molar-refractivity contribution in [1.29, 1.82) is 0 Å². The number of thiazole rings is 1. The molecule has 0 atom stereocenters. The van der Waals surface area contributed by atoms with Crippen molar-refractivity contribution in [3.63, 3.8) is 0 Å². The smallest absolute Gasteiger partial charge is 0.433 e. The van der Waals surface area contributed by atoms with Gasteiger partial charge in [-0.2, -0.15) is 0 Å². The van der Waals surface area contributed by atoms with Crippen molar-refractivity contribution in [2.24, 2.45) is 0 Å². The van der Waals surface area contributed by atoms with Crippen molar-refractivity contribution >= 4 is 34.2 Å². The number of nitro groups is 1. The zero-order valence-electron chi connectivity index (χ0n) is 11.9. The van der Waals surface area contributed by atoms with Gasteiger partial charge >= 0.3 is 11.9 Å². The molecule has 3 aromatic heterocycles. The molecule has 3 aromatic rings. The molecule has 0 aliphatic carbocycles. The molecule has 0 saturated heterocycles. The molecule has 0 N–H and O–H groups in total. The third kappa shape index (κ3) is 3.38. The van der Waals surface area contributed by atoms with Crippen LogP contribution in [0.2, 0.25) is 0 Å². The molecule has 0 aromatic carbocycles. The fourth-order valence-electron chi connectivity index (χ4n) is 1.84. The van der Waals surface area contributed by atoms with Crippen molar-refractivity contribution in [1.82, 2.24) is 9.38 Å². The first-order chi connectivity index (χ1) is 11.5. The number of furan rings is 1. The minimum atomic E-state index is -0.692. The average molecular weight is 347 g/mol. The highest BCUT2D eigenvalue weighted by atomic mass is 32.1. The normalized spacial score (nSPS) is 11.2. The van der Waals surface area contributed by atoms with Gasteiger partial charge in [0.1, 0.15) is 17.3 Å². The number of ether oxygens (including phenoxy) is 1. The van der Waals surface area contributed by atoms with E-state index in [1.54, 1.807) is 11.6 Å². The fourth-order valence-corrected chi connectivity index (χ4v) is 2.57. The summed E-state index contributed by atoms with van der Waals surface area (Å²) >= 11 is 1.29. The van der Waals surface area contributed by atoms with Crippen LogP contribution in [-0.2, 0) is 16.1 Å². The van der Waals surface area contributed by atoms with Crippen molar-refractivity contribution < 1.29 is 18.9 Å². The Morgan fingerprint density at radius 1 is 1.50 bits per heavy atom. The van der Waals surface area contributed by atoms with E-state index >= 15 is 0 Å². The molecule has 0 aliphatic heterocycles. The Morgan fingerprint density at radius 3 is 3.08 bits per heavy atom. The lowest BCUT2D eigenvalue weighted by molar-refractivity contribution is -0.402. The Labute approximate surface area is 137 Å². The van der Waals surface area contributed by atoms with Crippen molar-refractivity contribution in [2.75, 3.05) is 0 Å². The number of hydrogen-bond donors (Lipinski definition) is 0. The number of aromatic nitrogens is 2. The van der Waals surface area contributed by atoms with Gasteiger partial charge in [-0.05, 0) is 12.1 Å². The summed E-state index contributed by atoms with van der Waals surface area (Å²) in [6.07, 6.45) is 3.93. The van der Waals surface area contributed by atoms with E-state index in [4.69, 9.17) is 9.15 Å². The first-order valence-corrected chi connectivity index (χ1v) is 7.46. The lowest BCUT2D eigenvalue weighted by Crippen LogP contribution is -2.14. The van der Waals surface area contributed by atoms with E-state index in [9.17, 15) is 19.7 Å². The molecule has 0 fully saturated rings. The number of nitrogens with zero attached hydrogens (tertiary/aromatic N) is 3. The van der Waals surface area contributed by atoms with Gasteiger partial charge in [-0.15, -0.1) is 11.3 Å². The second-order valence-electron chi connectivity index (χ2n) is 4.52. The molecular weight excluding hydrogens is 338 g/mol. The van der Waals surface area contributed by atoms with E-state index in [0.717, 1.165) is 6.08 Å². The number of hydrogen-bond acceptors (Lipinski definition) is 8. The zero-order valence-corrected chi connectivity index (χ0v) is 12.8. The number of rotatable bonds is 5.